The summed E-state index contributed by atoms with van der Waals surface area (Å²) in [7, 11) is 0. The second-order valence-corrected chi connectivity index (χ2v) is 15.7. The van der Waals surface area contributed by atoms with E-state index in [1.807, 2.05) is 24.3 Å². The topological polar surface area (TPSA) is 48.8 Å². The second kappa shape index (κ2) is 13.1. The number of benzene rings is 9. The molecule has 0 aliphatic rings. The molecule has 284 valence electrons. The lowest BCUT2D eigenvalue weighted by atomic mass is 10.0. The minimum atomic E-state index is 0.694. The predicted molar refractivity (Wildman–Crippen MR) is 252 cm³/mol. The molecule has 4 aromatic heterocycles. The Bertz CT molecular complexity index is 3860. The molecule has 0 saturated heterocycles. The van der Waals surface area contributed by atoms with Gasteiger partial charge in [-0.05, 0) is 83.9 Å². The van der Waals surface area contributed by atoms with E-state index in [1.165, 1.54) is 21.9 Å². The molecule has 0 radical (unpaired) electrons. The highest BCUT2D eigenvalue weighted by Gasteiger charge is 2.24. The molecule has 13 aromatic rings. The minimum absolute atomic E-state index is 0.694. The molecule has 0 aliphatic heterocycles. The molecule has 13 rings (SSSR count). The number of nitrogens with zero attached hydrogens (tertiary/aromatic N) is 4. The smallest absolute Gasteiger partial charge is 0.160 e. The third-order valence-electron chi connectivity index (χ3n) is 12.3. The zero-order valence-corrected chi connectivity index (χ0v) is 32.8. The Labute approximate surface area is 350 Å². The van der Waals surface area contributed by atoms with Gasteiger partial charge >= 0.3 is 0 Å². The summed E-state index contributed by atoms with van der Waals surface area (Å²) in [6.07, 6.45) is 0. The van der Waals surface area contributed by atoms with Crippen molar-refractivity contribution in [2.24, 2.45) is 0 Å². The highest BCUT2D eigenvalue weighted by Crippen LogP contribution is 2.46. The zero-order chi connectivity index (χ0) is 40.0. The van der Waals surface area contributed by atoms with Crippen molar-refractivity contribution in [1.29, 1.82) is 0 Å². The van der Waals surface area contributed by atoms with Crippen LogP contribution in [-0.4, -0.2) is 19.1 Å². The predicted octanol–water partition coefficient (Wildman–Crippen LogP) is 14.7. The van der Waals surface area contributed by atoms with Crippen LogP contribution in [0.5, 0.6) is 0 Å². The van der Waals surface area contributed by atoms with E-state index in [4.69, 9.17) is 14.4 Å². The summed E-state index contributed by atoms with van der Waals surface area (Å²) >= 11 is 0. The van der Waals surface area contributed by atoms with Gasteiger partial charge in [0.05, 0.1) is 38.7 Å². The fourth-order valence-corrected chi connectivity index (χ4v) is 9.60. The summed E-state index contributed by atoms with van der Waals surface area (Å²) in [5, 5.41) is 7.88. The Kier molecular flexibility index (Phi) is 7.24. The van der Waals surface area contributed by atoms with Crippen LogP contribution in [0.25, 0.3) is 122 Å². The summed E-state index contributed by atoms with van der Waals surface area (Å²) in [5.41, 5.74) is 14.6. The molecular formula is C56H34N4O. The molecule has 4 heterocycles. The highest BCUT2D eigenvalue weighted by molar-refractivity contribution is 6.32. The standard InChI is InChI=1S/C56H34N4O/c1-3-14-35(15-4-1)38-18-13-19-40(34-38)60-47-24-11-8-20-41(47)43-30-32-48-51(54(43)60)52-49(33-31-44-42-21-9-12-25-50(42)61-55(44)52)59(48)39-28-26-37(27-29-39)56-57-46-23-10-7-22-45(46)53(58-56)36-16-5-2-6-17-36/h1-34H. The van der Waals surface area contributed by atoms with Crippen molar-refractivity contribution in [2.75, 3.05) is 0 Å². The van der Waals surface area contributed by atoms with Crippen LogP contribution in [0.15, 0.2) is 211 Å². The first-order chi connectivity index (χ1) is 30.3. The van der Waals surface area contributed by atoms with Gasteiger partial charge < -0.3 is 13.6 Å². The summed E-state index contributed by atoms with van der Waals surface area (Å²) < 4.78 is 11.7. The molecule has 0 spiro atoms. The molecular weight excluding hydrogens is 745 g/mol. The van der Waals surface area contributed by atoms with E-state index in [-0.39, 0.29) is 0 Å². The second-order valence-electron chi connectivity index (χ2n) is 15.7. The fraction of sp³-hybridized carbons (Fsp3) is 0. The maximum absolute atomic E-state index is 6.89. The van der Waals surface area contributed by atoms with Gasteiger partial charge in [0, 0.05) is 54.8 Å². The van der Waals surface area contributed by atoms with E-state index in [2.05, 4.69) is 191 Å². The highest BCUT2D eigenvalue weighted by atomic mass is 16.3. The maximum atomic E-state index is 6.89. The van der Waals surface area contributed by atoms with E-state index < -0.39 is 0 Å². The van der Waals surface area contributed by atoms with Crippen molar-refractivity contribution in [3.63, 3.8) is 0 Å². The van der Waals surface area contributed by atoms with Crippen LogP contribution in [0, 0.1) is 0 Å². The van der Waals surface area contributed by atoms with Crippen LogP contribution in [0.3, 0.4) is 0 Å². The van der Waals surface area contributed by atoms with Crippen LogP contribution >= 0.6 is 0 Å². The quantitative estimate of drug-likeness (QED) is 0.175. The Morgan fingerprint density at radius 1 is 0.361 bits per heavy atom. The van der Waals surface area contributed by atoms with Crippen molar-refractivity contribution < 1.29 is 4.42 Å². The number of aromatic nitrogens is 4. The largest absolute Gasteiger partial charge is 0.455 e. The van der Waals surface area contributed by atoms with Gasteiger partial charge in [-0.2, -0.15) is 0 Å². The van der Waals surface area contributed by atoms with Gasteiger partial charge in [0.2, 0.25) is 0 Å². The van der Waals surface area contributed by atoms with Crippen molar-refractivity contribution in [3.05, 3.63) is 206 Å². The Morgan fingerprint density at radius 3 is 1.84 bits per heavy atom. The van der Waals surface area contributed by atoms with Crippen LogP contribution in [-0.2, 0) is 0 Å². The lowest BCUT2D eigenvalue weighted by molar-refractivity contribution is 0.673. The first-order valence-corrected chi connectivity index (χ1v) is 20.7. The number of hydrogen-bond acceptors (Lipinski definition) is 3. The van der Waals surface area contributed by atoms with E-state index >= 15 is 0 Å². The molecule has 0 amide bonds. The average molecular weight is 779 g/mol. The van der Waals surface area contributed by atoms with Gasteiger partial charge in [-0.15, -0.1) is 0 Å². The summed E-state index contributed by atoms with van der Waals surface area (Å²) in [4.78, 5) is 10.2. The Balaban J connectivity index is 1.09. The van der Waals surface area contributed by atoms with Gasteiger partial charge in [0.25, 0.3) is 0 Å². The van der Waals surface area contributed by atoms with Gasteiger partial charge in [-0.3, -0.25) is 0 Å². The van der Waals surface area contributed by atoms with Gasteiger partial charge in [0.1, 0.15) is 11.2 Å². The summed E-state index contributed by atoms with van der Waals surface area (Å²) in [6, 6.07) is 73.0. The molecule has 9 aromatic carbocycles. The van der Waals surface area contributed by atoms with Crippen LogP contribution in [0.1, 0.15) is 0 Å². The Hall–Kier alpha value is -8.28. The van der Waals surface area contributed by atoms with E-state index in [0.29, 0.717) is 5.82 Å². The molecule has 0 bridgehead atoms. The fourth-order valence-electron chi connectivity index (χ4n) is 9.60. The number of rotatable bonds is 5. The van der Waals surface area contributed by atoms with Crippen molar-refractivity contribution in [3.8, 4) is 45.1 Å². The third kappa shape index (κ3) is 5.08. The Morgan fingerprint density at radius 2 is 1.02 bits per heavy atom. The molecule has 5 heteroatoms. The van der Waals surface area contributed by atoms with Crippen LogP contribution in [0.4, 0.5) is 0 Å². The minimum Gasteiger partial charge on any atom is -0.455 e. The van der Waals surface area contributed by atoms with Gasteiger partial charge in [-0.25, -0.2) is 9.97 Å². The van der Waals surface area contributed by atoms with E-state index in [0.717, 1.165) is 93.9 Å². The first-order valence-electron chi connectivity index (χ1n) is 20.7. The lowest BCUT2D eigenvalue weighted by Gasteiger charge is -2.12. The van der Waals surface area contributed by atoms with Crippen LogP contribution < -0.4 is 0 Å². The SMILES string of the molecule is c1ccc(-c2cccc(-n3c4ccccc4c4ccc5c(c6c7oc8ccccc8c7ccc6n5-c5ccc(-c6nc(-c7ccccc7)c7ccccc7n6)cc5)c43)c2)cc1. The summed E-state index contributed by atoms with van der Waals surface area (Å²) in [5.74, 6) is 0.694. The number of para-hydroxylation sites is 3. The number of fused-ring (bicyclic) bond motifs is 12. The zero-order valence-electron chi connectivity index (χ0n) is 32.8. The van der Waals surface area contributed by atoms with Gasteiger partial charge in [0.15, 0.2) is 5.82 Å². The van der Waals surface area contributed by atoms with Crippen LogP contribution in [0.2, 0.25) is 0 Å². The molecule has 0 unspecified atom stereocenters. The lowest BCUT2D eigenvalue weighted by Crippen LogP contribution is -1.97. The number of furan rings is 1. The maximum Gasteiger partial charge on any atom is 0.160 e. The third-order valence-corrected chi connectivity index (χ3v) is 12.3. The molecule has 0 atom stereocenters. The normalized spacial score (nSPS) is 11.9. The molecule has 0 fully saturated rings. The monoisotopic (exact) mass is 778 g/mol. The summed E-state index contributed by atoms with van der Waals surface area (Å²) in [6.45, 7) is 0. The molecule has 0 N–H and O–H groups in total. The molecule has 0 saturated carbocycles. The first kappa shape index (κ1) is 33.7. The number of hydrogen-bond donors (Lipinski definition) is 0. The molecule has 5 nitrogen and oxygen atoms in total. The van der Waals surface area contributed by atoms with Crippen molar-refractivity contribution in [1.82, 2.24) is 19.1 Å². The van der Waals surface area contributed by atoms with Crippen molar-refractivity contribution >= 4 is 76.5 Å². The van der Waals surface area contributed by atoms with E-state index in [9.17, 15) is 0 Å². The molecule has 0 aliphatic carbocycles. The average Bonchev–Trinajstić information content (AvgIpc) is 4.00. The van der Waals surface area contributed by atoms with Gasteiger partial charge in [-0.1, -0.05) is 133 Å². The van der Waals surface area contributed by atoms with E-state index in [1.54, 1.807) is 0 Å². The molecule has 61 heavy (non-hydrogen) atoms. The van der Waals surface area contributed by atoms with Crippen molar-refractivity contribution in [2.45, 2.75) is 0 Å².